The summed E-state index contributed by atoms with van der Waals surface area (Å²) in [5, 5.41) is 2.82. The molecule has 0 bridgehead atoms. The van der Waals surface area contributed by atoms with Crippen LogP contribution in [0.15, 0.2) is 66.9 Å². The summed E-state index contributed by atoms with van der Waals surface area (Å²) in [5.41, 5.74) is 2.83. The second kappa shape index (κ2) is 8.90. The molecule has 3 aromatic rings. The fourth-order valence-electron chi connectivity index (χ4n) is 2.82. The van der Waals surface area contributed by atoms with E-state index in [1.807, 2.05) is 54.4 Å². The van der Waals surface area contributed by atoms with Crippen molar-refractivity contribution in [2.45, 2.75) is 6.42 Å². The van der Waals surface area contributed by atoms with E-state index in [1.54, 1.807) is 38.6 Å². The van der Waals surface area contributed by atoms with Crippen LogP contribution in [0.4, 0.5) is 17.2 Å². The SMILES string of the molecule is COc1ccc(CC(=O)Nc2ccc(N(C)c3ccccc3)cn2)cc1OC. The Morgan fingerprint density at radius 3 is 2.36 bits per heavy atom. The number of amides is 1. The lowest BCUT2D eigenvalue weighted by Crippen LogP contribution is -2.16. The summed E-state index contributed by atoms with van der Waals surface area (Å²) in [6, 6.07) is 19.1. The third-order valence-corrected chi connectivity index (χ3v) is 4.36. The van der Waals surface area contributed by atoms with Gasteiger partial charge in [-0.3, -0.25) is 4.79 Å². The Morgan fingerprint density at radius 2 is 1.71 bits per heavy atom. The molecule has 0 saturated carbocycles. The van der Waals surface area contributed by atoms with Crippen LogP contribution in [-0.4, -0.2) is 32.2 Å². The summed E-state index contributed by atoms with van der Waals surface area (Å²) in [4.78, 5) is 18.7. The van der Waals surface area contributed by atoms with Crippen molar-refractivity contribution >= 4 is 23.1 Å². The van der Waals surface area contributed by atoms with Gasteiger partial charge in [-0.1, -0.05) is 24.3 Å². The molecule has 0 aliphatic rings. The number of hydrogen-bond donors (Lipinski definition) is 1. The van der Waals surface area contributed by atoms with E-state index in [1.165, 1.54) is 0 Å². The monoisotopic (exact) mass is 377 g/mol. The number of nitrogens with one attached hydrogen (secondary N) is 1. The van der Waals surface area contributed by atoms with Gasteiger partial charge < -0.3 is 19.7 Å². The van der Waals surface area contributed by atoms with Crippen LogP contribution in [0.2, 0.25) is 0 Å². The Labute approximate surface area is 164 Å². The molecule has 144 valence electrons. The molecule has 6 heteroatoms. The lowest BCUT2D eigenvalue weighted by molar-refractivity contribution is -0.115. The van der Waals surface area contributed by atoms with E-state index in [0.717, 1.165) is 16.9 Å². The fraction of sp³-hybridized carbons (Fsp3) is 0.182. The predicted octanol–water partition coefficient (Wildman–Crippen LogP) is 4.05. The Balaban J connectivity index is 1.63. The number of carbonyl (C=O) groups excluding carboxylic acids is 1. The smallest absolute Gasteiger partial charge is 0.229 e. The molecule has 0 aliphatic heterocycles. The van der Waals surface area contributed by atoms with E-state index in [9.17, 15) is 4.79 Å². The molecule has 1 heterocycles. The molecule has 0 radical (unpaired) electrons. The quantitative estimate of drug-likeness (QED) is 0.673. The van der Waals surface area contributed by atoms with Gasteiger partial charge in [0.2, 0.25) is 5.91 Å². The average Bonchev–Trinajstić information content (AvgIpc) is 2.74. The van der Waals surface area contributed by atoms with Gasteiger partial charge in [-0.15, -0.1) is 0 Å². The number of rotatable bonds is 7. The number of anilines is 3. The third-order valence-electron chi connectivity index (χ3n) is 4.36. The van der Waals surface area contributed by atoms with E-state index in [4.69, 9.17) is 9.47 Å². The lowest BCUT2D eigenvalue weighted by atomic mass is 10.1. The molecular formula is C22H23N3O3. The van der Waals surface area contributed by atoms with E-state index >= 15 is 0 Å². The van der Waals surface area contributed by atoms with E-state index in [0.29, 0.717) is 17.3 Å². The number of benzene rings is 2. The third kappa shape index (κ3) is 4.59. The lowest BCUT2D eigenvalue weighted by Gasteiger charge is -2.19. The second-order valence-corrected chi connectivity index (χ2v) is 6.21. The van der Waals surface area contributed by atoms with Crippen LogP contribution >= 0.6 is 0 Å². The average molecular weight is 377 g/mol. The maximum absolute atomic E-state index is 12.3. The highest BCUT2D eigenvalue weighted by Crippen LogP contribution is 2.28. The maximum atomic E-state index is 12.3. The van der Waals surface area contributed by atoms with Gasteiger partial charge in [0, 0.05) is 12.7 Å². The largest absolute Gasteiger partial charge is 0.493 e. The molecule has 28 heavy (non-hydrogen) atoms. The number of nitrogens with zero attached hydrogens (tertiary/aromatic N) is 2. The number of ether oxygens (including phenoxy) is 2. The van der Waals surface area contributed by atoms with Crippen molar-refractivity contribution in [1.29, 1.82) is 0 Å². The highest BCUT2D eigenvalue weighted by Gasteiger charge is 2.10. The van der Waals surface area contributed by atoms with E-state index in [-0.39, 0.29) is 12.3 Å². The first kappa shape index (κ1) is 19.2. The Kier molecular flexibility index (Phi) is 6.11. The number of pyridine rings is 1. The van der Waals surface area contributed by atoms with Crippen molar-refractivity contribution in [3.63, 3.8) is 0 Å². The molecule has 2 aromatic carbocycles. The van der Waals surface area contributed by atoms with Crippen LogP contribution in [0.1, 0.15) is 5.56 Å². The first-order valence-electron chi connectivity index (χ1n) is 8.86. The number of hydrogen-bond acceptors (Lipinski definition) is 5. The molecule has 0 atom stereocenters. The van der Waals surface area contributed by atoms with E-state index < -0.39 is 0 Å². The zero-order chi connectivity index (χ0) is 19.9. The van der Waals surface area contributed by atoms with Crippen LogP contribution in [0.25, 0.3) is 0 Å². The van der Waals surface area contributed by atoms with Crippen molar-refractivity contribution in [1.82, 2.24) is 4.98 Å². The summed E-state index contributed by atoms with van der Waals surface area (Å²) in [6.45, 7) is 0. The van der Waals surface area contributed by atoms with Gasteiger partial charge in [-0.05, 0) is 42.0 Å². The maximum Gasteiger partial charge on any atom is 0.229 e. The van der Waals surface area contributed by atoms with Crippen LogP contribution < -0.4 is 19.7 Å². The molecule has 0 unspecified atom stereocenters. The number of para-hydroxylation sites is 1. The van der Waals surface area contributed by atoms with Gasteiger partial charge in [-0.25, -0.2) is 4.98 Å². The summed E-state index contributed by atoms with van der Waals surface area (Å²) >= 11 is 0. The molecule has 0 fully saturated rings. The second-order valence-electron chi connectivity index (χ2n) is 6.21. The number of methoxy groups -OCH3 is 2. The van der Waals surface area contributed by atoms with Crippen molar-refractivity contribution in [3.8, 4) is 11.5 Å². The highest BCUT2D eigenvalue weighted by atomic mass is 16.5. The van der Waals surface area contributed by atoms with Gasteiger partial charge in [0.25, 0.3) is 0 Å². The molecule has 6 nitrogen and oxygen atoms in total. The van der Waals surface area contributed by atoms with Gasteiger partial charge in [0.05, 0.1) is 32.5 Å². The van der Waals surface area contributed by atoms with Crippen LogP contribution in [0.3, 0.4) is 0 Å². The van der Waals surface area contributed by atoms with Crippen LogP contribution in [-0.2, 0) is 11.2 Å². The minimum Gasteiger partial charge on any atom is -0.493 e. The summed E-state index contributed by atoms with van der Waals surface area (Å²) in [6.07, 6.45) is 1.95. The van der Waals surface area contributed by atoms with E-state index in [2.05, 4.69) is 10.3 Å². The van der Waals surface area contributed by atoms with Crippen LogP contribution in [0, 0.1) is 0 Å². The number of aromatic nitrogens is 1. The van der Waals surface area contributed by atoms with Crippen LogP contribution in [0.5, 0.6) is 11.5 Å². The van der Waals surface area contributed by atoms with Crippen molar-refractivity contribution in [2.24, 2.45) is 0 Å². The molecule has 0 spiro atoms. The topological polar surface area (TPSA) is 63.7 Å². The Bertz CT molecular complexity index is 928. The molecule has 0 aliphatic carbocycles. The summed E-state index contributed by atoms with van der Waals surface area (Å²) < 4.78 is 10.5. The molecule has 1 amide bonds. The summed E-state index contributed by atoms with van der Waals surface area (Å²) in [7, 11) is 5.12. The normalized spacial score (nSPS) is 10.2. The fourth-order valence-corrected chi connectivity index (χ4v) is 2.82. The molecule has 0 saturated heterocycles. The summed E-state index contributed by atoms with van der Waals surface area (Å²) in [5.74, 6) is 1.59. The minimum atomic E-state index is -0.149. The molecule has 1 aromatic heterocycles. The molecule has 1 N–H and O–H groups in total. The first-order chi connectivity index (χ1) is 13.6. The standard InChI is InChI=1S/C22H23N3O3/c1-25(17-7-5-4-6-8-17)18-10-12-21(23-15-18)24-22(26)14-16-9-11-19(27-2)20(13-16)28-3/h4-13,15H,14H2,1-3H3,(H,23,24,26). The van der Waals surface area contributed by atoms with Gasteiger partial charge in [0.1, 0.15) is 5.82 Å². The Hall–Kier alpha value is -3.54. The molecule has 3 rings (SSSR count). The zero-order valence-electron chi connectivity index (χ0n) is 16.2. The first-order valence-corrected chi connectivity index (χ1v) is 8.86. The number of carbonyl (C=O) groups is 1. The predicted molar refractivity (Wildman–Crippen MR) is 111 cm³/mol. The zero-order valence-corrected chi connectivity index (χ0v) is 16.2. The van der Waals surface area contributed by atoms with Crippen molar-refractivity contribution < 1.29 is 14.3 Å². The highest BCUT2D eigenvalue weighted by molar-refractivity contribution is 5.91. The van der Waals surface area contributed by atoms with Crippen molar-refractivity contribution in [3.05, 3.63) is 72.4 Å². The van der Waals surface area contributed by atoms with Gasteiger partial charge >= 0.3 is 0 Å². The minimum absolute atomic E-state index is 0.149. The molecular weight excluding hydrogens is 354 g/mol. The van der Waals surface area contributed by atoms with Crippen molar-refractivity contribution in [2.75, 3.05) is 31.5 Å². The van der Waals surface area contributed by atoms with Gasteiger partial charge in [0.15, 0.2) is 11.5 Å². The van der Waals surface area contributed by atoms with Gasteiger partial charge in [-0.2, -0.15) is 0 Å². The Morgan fingerprint density at radius 1 is 0.964 bits per heavy atom.